The van der Waals surface area contributed by atoms with Crippen LogP contribution < -0.4 is 5.32 Å². The summed E-state index contributed by atoms with van der Waals surface area (Å²) in [6.07, 6.45) is 2.93. The number of amides is 1. The molecule has 0 aliphatic carbocycles. The topological polar surface area (TPSA) is 84.5 Å². The number of carbonyl (C=O) groups excluding carboxylic acids is 1. The molecule has 29 heavy (non-hydrogen) atoms. The van der Waals surface area contributed by atoms with Gasteiger partial charge in [0.2, 0.25) is 15.9 Å². The number of rotatable bonds is 5. The van der Waals surface area contributed by atoms with Crippen LogP contribution in [0.5, 0.6) is 0 Å². The first-order valence-electron chi connectivity index (χ1n) is 9.73. The van der Waals surface area contributed by atoms with E-state index in [1.165, 1.54) is 4.31 Å². The van der Waals surface area contributed by atoms with Gasteiger partial charge >= 0.3 is 0 Å². The summed E-state index contributed by atoms with van der Waals surface area (Å²) in [4.78, 5) is 12.7. The number of benzene rings is 1. The second kappa shape index (κ2) is 7.68. The van der Waals surface area contributed by atoms with Crippen molar-refractivity contribution in [3.8, 4) is 0 Å². The summed E-state index contributed by atoms with van der Waals surface area (Å²) < 4.78 is 35.0. The number of hydrogen-bond donors (Lipinski definition) is 1. The molecule has 7 nitrogen and oxygen atoms in total. The van der Waals surface area contributed by atoms with Crippen LogP contribution in [0.3, 0.4) is 0 Å². The van der Waals surface area contributed by atoms with Gasteiger partial charge in [-0.2, -0.15) is 4.31 Å². The van der Waals surface area contributed by atoms with Crippen molar-refractivity contribution in [1.82, 2.24) is 14.2 Å². The van der Waals surface area contributed by atoms with Crippen molar-refractivity contribution in [2.75, 3.05) is 13.1 Å². The molecule has 1 aliphatic rings. The minimum Gasteiger partial charge on any atom is -0.465 e. The second-order valence-corrected chi connectivity index (χ2v) is 9.49. The molecule has 1 amide bonds. The van der Waals surface area contributed by atoms with E-state index in [0.29, 0.717) is 43.1 Å². The quantitative estimate of drug-likeness (QED) is 0.694. The van der Waals surface area contributed by atoms with Crippen LogP contribution in [0.2, 0.25) is 0 Å². The van der Waals surface area contributed by atoms with Gasteiger partial charge in [0.05, 0.1) is 11.4 Å². The maximum absolute atomic E-state index is 13.0. The molecule has 4 rings (SSSR count). The lowest BCUT2D eigenvalue weighted by Crippen LogP contribution is -2.42. The summed E-state index contributed by atoms with van der Waals surface area (Å²) in [5.74, 6) is 1.28. The zero-order chi connectivity index (χ0) is 20.6. The van der Waals surface area contributed by atoms with Crippen molar-refractivity contribution in [2.24, 2.45) is 13.0 Å². The highest BCUT2D eigenvalue weighted by Crippen LogP contribution is 2.26. The molecule has 1 aliphatic heterocycles. The van der Waals surface area contributed by atoms with Crippen LogP contribution in [-0.2, 0) is 28.4 Å². The first-order chi connectivity index (χ1) is 13.8. The van der Waals surface area contributed by atoms with Crippen LogP contribution in [0.25, 0.3) is 10.9 Å². The van der Waals surface area contributed by atoms with E-state index in [0.717, 1.165) is 16.7 Å². The van der Waals surface area contributed by atoms with E-state index in [9.17, 15) is 13.2 Å². The van der Waals surface area contributed by atoms with Crippen LogP contribution >= 0.6 is 0 Å². The number of nitrogens with one attached hydrogen (secondary N) is 1. The number of furan rings is 1. The number of hydrogen-bond acceptors (Lipinski definition) is 4. The highest BCUT2D eigenvalue weighted by molar-refractivity contribution is 7.89. The minimum absolute atomic E-state index is 0.0539. The molecule has 1 aromatic carbocycles. The van der Waals surface area contributed by atoms with Crippen molar-refractivity contribution in [2.45, 2.75) is 31.2 Å². The minimum atomic E-state index is -3.57. The summed E-state index contributed by atoms with van der Waals surface area (Å²) in [7, 11) is -1.64. The van der Waals surface area contributed by atoms with Gasteiger partial charge in [-0.05, 0) is 56.2 Å². The first-order valence-corrected chi connectivity index (χ1v) is 11.2. The standard InChI is InChI=1S/C21H25N3O4S/c1-15-3-4-18(28-15)14-22-21(25)16-8-11-24(12-9-16)29(26,27)19-5-6-20-17(13-19)7-10-23(20)2/h3-7,10,13,16H,8-9,11-12,14H2,1-2H3,(H,22,25). The second-order valence-electron chi connectivity index (χ2n) is 7.56. The van der Waals surface area contributed by atoms with Gasteiger partial charge in [0, 0.05) is 43.2 Å². The molecule has 0 bridgehead atoms. The fourth-order valence-corrected chi connectivity index (χ4v) is 5.33. The van der Waals surface area contributed by atoms with Gasteiger partial charge in [-0.1, -0.05) is 0 Å². The van der Waals surface area contributed by atoms with Gasteiger partial charge in [-0.15, -0.1) is 0 Å². The first kappa shape index (κ1) is 19.7. The highest BCUT2D eigenvalue weighted by atomic mass is 32.2. The maximum atomic E-state index is 13.0. The lowest BCUT2D eigenvalue weighted by atomic mass is 9.97. The van der Waals surface area contributed by atoms with Gasteiger partial charge in [-0.25, -0.2) is 8.42 Å². The predicted octanol–water partition coefficient (Wildman–Crippen LogP) is 2.80. The third-order valence-electron chi connectivity index (χ3n) is 5.55. The Morgan fingerprint density at radius 2 is 1.93 bits per heavy atom. The van der Waals surface area contributed by atoms with E-state index in [-0.39, 0.29) is 11.8 Å². The van der Waals surface area contributed by atoms with Crippen LogP contribution in [-0.4, -0.2) is 36.3 Å². The van der Waals surface area contributed by atoms with E-state index in [1.54, 1.807) is 12.1 Å². The molecule has 154 valence electrons. The third-order valence-corrected chi connectivity index (χ3v) is 7.45. The van der Waals surface area contributed by atoms with Crippen molar-refractivity contribution in [1.29, 1.82) is 0 Å². The van der Waals surface area contributed by atoms with Crippen LogP contribution in [0.15, 0.2) is 51.9 Å². The monoisotopic (exact) mass is 415 g/mol. The van der Waals surface area contributed by atoms with Crippen molar-refractivity contribution in [3.05, 3.63) is 54.1 Å². The molecular formula is C21H25N3O4S. The smallest absolute Gasteiger partial charge is 0.243 e. The fraction of sp³-hybridized carbons (Fsp3) is 0.381. The van der Waals surface area contributed by atoms with Gasteiger partial charge in [0.1, 0.15) is 11.5 Å². The number of fused-ring (bicyclic) bond motifs is 1. The van der Waals surface area contributed by atoms with Gasteiger partial charge < -0.3 is 14.3 Å². The van der Waals surface area contributed by atoms with Crippen LogP contribution in [0, 0.1) is 12.8 Å². The zero-order valence-electron chi connectivity index (χ0n) is 16.6. The molecule has 1 N–H and O–H groups in total. The molecule has 3 heterocycles. The highest BCUT2D eigenvalue weighted by Gasteiger charge is 2.32. The van der Waals surface area contributed by atoms with Gasteiger partial charge in [0.15, 0.2) is 0 Å². The lowest BCUT2D eigenvalue weighted by Gasteiger charge is -2.30. The molecule has 8 heteroatoms. The largest absolute Gasteiger partial charge is 0.465 e. The summed E-state index contributed by atoms with van der Waals surface area (Å²) in [5.41, 5.74) is 0.992. The maximum Gasteiger partial charge on any atom is 0.243 e. The Labute approximate surface area is 170 Å². The van der Waals surface area contributed by atoms with Crippen LogP contribution in [0.4, 0.5) is 0 Å². The Bertz CT molecular complexity index is 1140. The van der Waals surface area contributed by atoms with Crippen LogP contribution in [0.1, 0.15) is 24.4 Å². The molecule has 0 unspecified atom stereocenters. The van der Waals surface area contributed by atoms with Gasteiger partial charge in [-0.3, -0.25) is 4.79 Å². The molecule has 3 aromatic rings. The number of carbonyl (C=O) groups is 1. The summed E-state index contributed by atoms with van der Waals surface area (Å²) in [5, 5.41) is 3.79. The van der Waals surface area contributed by atoms with Gasteiger partial charge in [0.25, 0.3) is 0 Å². The summed E-state index contributed by atoms with van der Waals surface area (Å²) in [6.45, 7) is 2.89. The summed E-state index contributed by atoms with van der Waals surface area (Å²) >= 11 is 0. The van der Waals surface area contributed by atoms with E-state index in [1.807, 2.05) is 49.0 Å². The summed E-state index contributed by atoms with van der Waals surface area (Å²) in [6, 6.07) is 10.8. The average Bonchev–Trinajstić information content (AvgIpc) is 3.31. The Morgan fingerprint density at radius 1 is 1.17 bits per heavy atom. The molecular weight excluding hydrogens is 390 g/mol. The molecule has 1 fully saturated rings. The average molecular weight is 416 g/mol. The third kappa shape index (κ3) is 3.95. The lowest BCUT2D eigenvalue weighted by molar-refractivity contribution is -0.126. The van der Waals surface area contributed by atoms with Crippen molar-refractivity contribution in [3.63, 3.8) is 0 Å². The van der Waals surface area contributed by atoms with E-state index in [4.69, 9.17) is 4.42 Å². The van der Waals surface area contributed by atoms with Crippen molar-refractivity contribution >= 4 is 26.8 Å². The molecule has 0 atom stereocenters. The molecule has 0 radical (unpaired) electrons. The van der Waals surface area contributed by atoms with E-state index < -0.39 is 10.0 Å². The Morgan fingerprint density at radius 3 is 2.62 bits per heavy atom. The number of sulfonamides is 1. The van der Waals surface area contributed by atoms with Crippen molar-refractivity contribution < 1.29 is 17.6 Å². The number of aromatic nitrogens is 1. The Hall–Kier alpha value is -2.58. The number of aryl methyl sites for hydroxylation is 2. The molecule has 0 spiro atoms. The molecule has 2 aromatic heterocycles. The molecule has 0 saturated carbocycles. The molecule has 1 saturated heterocycles. The number of nitrogens with zero attached hydrogens (tertiary/aromatic N) is 2. The van der Waals surface area contributed by atoms with E-state index in [2.05, 4.69) is 5.32 Å². The number of piperidine rings is 1. The zero-order valence-corrected chi connectivity index (χ0v) is 17.4. The normalized spacial score (nSPS) is 16.3. The van der Waals surface area contributed by atoms with E-state index >= 15 is 0 Å². The Kier molecular flexibility index (Phi) is 5.23. The predicted molar refractivity (Wildman–Crippen MR) is 110 cm³/mol. The SMILES string of the molecule is Cc1ccc(CNC(=O)C2CCN(S(=O)(=O)c3ccc4c(ccn4C)c3)CC2)o1. The fourth-order valence-electron chi connectivity index (χ4n) is 3.83. The Balaban J connectivity index is 1.38.